The van der Waals surface area contributed by atoms with Crippen molar-refractivity contribution >= 4 is 15.9 Å². The Morgan fingerprint density at radius 1 is 1.37 bits per heavy atom. The van der Waals surface area contributed by atoms with Gasteiger partial charge in [-0.2, -0.15) is 0 Å². The number of hydrogen-bond donors (Lipinski definition) is 1. The van der Waals surface area contributed by atoms with Crippen molar-refractivity contribution in [3.63, 3.8) is 0 Å². The summed E-state index contributed by atoms with van der Waals surface area (Å²) in [6.45, 7) is 2.76. The van der Waals surface area contributed by atoms with Crippen LogP contribution >= 0.6 is 15.9 Å². The molecule has 0 spiro atoms. The van der Waals surface area contributed by atoms with E-state index in [2.05, 4.69) is 26.2 Å². The Labute approximate surface area is 121 Å². The number of rotatable bonds is 5. The Balaban J connectivity index is 1.91. The van der Waals surface area contributed by atoms with Gasteiger partial charge < -0.3 is 5.32 Å². The fourth-order valence-electron chi connectivity index (χ4n) is 1.94. The second kappa shape index (κ2) is 6.78. The third-order valence-electron chi connectivity index (χ3n) is 3.01. The van der Waals surface area contributed by atoms with Crippen LogP contribution in [-0.4, -0.2) is 11.5 Å². The molecule has 2 aromatic rings. The van der Waals surface area contributed by atoms with E-state index in [-0.39, 0.29) is 11.9 Å². The van der Waals surface area contributed by atoms with Gasteiger partial charge in [-0.1, -0.05) is 22.0 Å². The van der Waals surface area contributed by atoms with Crippen LogP contribution in [0.1, 0.15) is 24.1 Å². The van der Waals surface area contributed by atoms with E-state index in [1.54, 1.807) is 12.3 Å². The Kier molecular flexibility index (Phi) is 5.05. The van der Waals surface area contributed by atoms with Crippen LogP contribution in [0.2, 0.25) is 0 Å². The molecule has 19 heavy (non-hydrogen) atoms. The highest BCUT2D eigenvalue weighted by atomic mass is 79.9. The van der Waals surface area contributed by atoms with Crippen LogP contribution in [0, 0.1) is 5.82 Å². The molecule has 0 saturated heterocycles. The number of pyridine rings is 1. The molecule has 4 heteroatoms. The van der Waals surface area contributed by atoms with Crippen molar-refractivity contribution in [2.75, 3.05) is 6.54 Å². The molecule has 2 nitrogen and oxygen atoms in total. The zero-order valence-corrected chi connectivity index (χ0v) is 12.3. The molecule has 0 fully saturated rings. The summed E-state index contributed by atoms with van der Waals surface area (Å²) in [5.41, 5.74) is 1.86. The van der Waals surface area contributed by atoms with Gasteiger partial charge in [0, 0.05) is 28.5 Å². The molecule has 2 rings (SSSR count). The monoisotopic (exact) mass is 322 g/mol. The van der Waals surface area contributed by atoms with Gasteiger partial charge in [-0.25, -0.2) is 4.39 Å². The van der Waals surface area contributed by atoms with Crippen LogP contribution in [0.4, 0.5) is 4.39 Å². The van der Waals surface area contributed by atoms with Crippen molar-refractivity contribution in [3.8, 4) is 0 Å². The Bertz CT molecular complexity index is 531. The fourth-order valence-corrected chi connectivity index (χ4v) is 2.31. The first-order valence-corrected chi connectivity index (χ1v) is 7.03. The number of nitrogens with one attached hydrogen (secondary N) is 1. The summed E-state index contributed by atoms with van der Waals surface area (Å²) >= 11 is 3.37. The largest absolute Gasteiger partial charge is 0.310 e. The van der Waals surface area contributed by atoms with Crippen molar-refractivity contribution in [2.45, 2.75) is 19.4 Å². The molecule has 1 N–H and O–H groups in total. The summed E-state index contributed by atoms with van der Waals surface area (Å²) in [5, 5.41) is 3.33. The topological polar surface area (TPSA) is 24.9 Å². The van der Waals surface area contributed by atoms with E-state index in [1.165, 1.54) is 11.6 Å². The Hall–Kier alpha value is -1.26. The number of halogens is 2. The lowest BCUT2D eigenvalue weighted by Crippen LogP contribution is -2.22. The van der Waals surface area contributed by atoms with Crippen LogP contribution < -0.4 is 5.32 Å². The molecule has 1 atom stereocenters. The number of hydrogen-bond acceptors (Lipinski definition) is 2. The maximum atomic E-state index is 13.7. The van der Waals surface area contributed by atoms with Gasteiger partial charge in [0.25, 0.3) is 0 Å². The van der Waals surface area contributed by atoms with E-state index in [0.717, 1.165) is 17.4 Å². The van der Waals surface area contributed by atoms with E-state index in [0.29, 0.717) is 5.56 Å². The second-order valence-electron chi connectivity index (χ2n) is 4.45. The van der Waals surface area contributed by atoms with Gasteiger partial charge in [0.2, 0.25) is 0 Å². The molecule has 1 unspecified atom stereocenters. The SMILES string of the molecule is CC(NCCc1cccnc1)c1cc(Br)ccc1F. The molecule has 0 radical (unpaired) electrons. The molecule has 1 aromatic heterocycles. The molecule has 0 aliphatic carbocycles. The maximum Gasteiger partial charge on any atom is 0.128 e. The minimum atomic E-state index is -0.176. The highest BCUT2D eigenvalue weighted by Gasteiger charge is 2.10. The lowest BCUT2D eigenvalue weighted by Gasteiger charge is -2.15. The van der Waals surface area contributed by atoms with E-state index in [1.807, 2.05) is 31.3 Å². The average Bonchev–Trinajstić information content (AvgIpc) is 2.42. The van der Waals surface area contributed by atoms with Crippen LogP contribution in [-0.2, 0) is 6.42 Å². The van der Waals surface area contributed by atoms with Crippen LogP contribution in [0.3, 0.4) is 0 Å². The van der Waals surface area contributed by atoms with Gasteiger partial charge in [0.15, 0.2) is 0 Å². The molecule has 100 valence electrons. The lowest BCUT2D eigenvalue weighted by molar-refractivity contribution is 0.530. The first kappa shape index (κ1) is 14.2. The van der Waals surface area contributed by atoms with Gasteiger partial charge in [0.05, 0.1) is 0 Å². The molecule has 1 aromatic carbocycles. The Morgan fingerprint density at radius 3 is 2.95 bits per heavy atom. The summed E-state index contributed by atoms with van der Waals surface area (Å²) < 4.78 is 14.6. The van der Waals surface area contributed by atoms with Crippen LogP contribution in [0.5, 0.6) is 0 Å². The van der Waals surface area contributed by atoms with E-state index >= 15 is 0 Å². The molecular weight excluding hydrogens is 307 g/mol. The summed E-state index contributed by atoms with van der Waals surface area (Å²) in [5.74, 6) is -0.176. The van der Waals surface area contributed by atoms with Crippen molar-refractivity contribution < 1.29 is 4.39 Å². The Morgan fingerprint density at radius 2 is 2.21 bits per heavy atom. The molecular formula is C15H16BrFN2. The number of benzene rings is 1. The molecule has 1 heterocycles. The zero-order valence-electron chi connectivity index (χ0n) is 10.7. The van der Waals surface area contributed by atoms with Crippen molar-refractivity contribution in [1.29, 1.82) is 0 Å². The first-order chi connectivity index (χ1) is 9.16. The standard InChI is InChI=1S/C15H16BrFN2/c1-11(14-9-13(16)4-5-15(14)17)19-8-6-12-3-2-7-18-10-12/h2-5,7,9-11,19H,6,8H2,1H3. The maximum absolute atomic E-state index is 13.7. The lowest BCUT2D eigenvalue weighted by atomic mass is 10.1. The predicted octanol–water partition coefficient (Wildman–Crippen LogP) is 3.88. The first-order valence-electron chi connectivity index (χ1n) is 6.24. The fraction of sp³-hybridized carbons (Fsp3) is 0.267. The van der Waals surface area contributed by atoms with Crippen molar-refractivity contribution in [3.05, 3.63) is 64.1 Å². The smallest absolute Gasteiger partial charge is 0.128 e. The summed E-state index contributed by atoms with van der Waals surface area (Å²) in [6.07, 6.45) is 4.50. The van der Waals surface area contributed by atoms with Crippen LogP contribution in [0.15, 0.2) is 47.2 Å². The summed E-state index contributed by atoms with van der Waals surface area (Å²) in [7, 11) is 0. The minimum absolute atomic E-state index is 0.0193. The van der Waals surface area contributed by atoms with Crippen molar-refractivity contribution in [1.82, 2.24) is 10.3 Å². The summed E-state index contributed by atoms with van der Waals surface area (Å²) in [4.78, 5) is 4.07. The second-order valence-corrected chi connectivity index (χ2v) is 5.37. The van der Waals surface area contributed by atoms with Crippen LogP contribution in [0.25, 0.3) is 0 Å². The van der Waals surface area contributed by atoms with Gasteiger partial charge in [0.1, 0.15) is 5.82 Å². The molecule has 0 aliphatic rings. The van der Waals surface area contributed by atoms with Gasteiger partial charge in [-0.15, -0.1) is 0 Å². The van der Waals surface area contributed by atoms with Gasteiger partial charge in [-0.05, 0) is 49.7 Å². The zero-order chi connectivity index (χ0) is 13.7. The predicted molar refractivity (Wildman–Crippen MR) is 78.5 cm³/mol. The molecule has 0 saturated carbocycles. The summed E-state index contributed by atoms with van der Waals surface area (Å²) in [6, 6.07) is 8.96. The normalized spacial score (nSPS) is 12.4. The molecule has 0 amide bonds. The van der Waals surface area contributed by atoms with E-state index in [9.17, 15) is 4.39 Å². The molecule has 0 aliphatic heterocycles. The number of nitrogens with zero attached hydrogens (tertiary/aromatic N) is 1. The highest BCUT2D eigenvalue weighted by molar-refractivity contribution is 9.10. The van der Waals surface area contributed by atoms with E-state index in [4.69, 9.17) is 0 Å². The van der Waals surface area contributed by atoms with Gasteiger partial charge in [-0.3, -0.25) is 4.98 Å². The minimum Gasteiger partial charge on any atom is -0.310 e. The van der Waals surface area contributed by atoms with Crippen molar-refractivity contribution in [2.24, 2.45) is 0 Å². The van der Waals surface area contributed by atoms with Gasteiger partial charge >= 0.3 is 0 Å². The quantitative estimate of drug-likeness (QED) is 0.903. The third kappa shape index (κ3) is 4.11. The third-order valence-corrected chi connectivity index (χ3v) is 3.50. The highest BCUT2D eigenvalue weighted by Crippen LogP contribution is 2.21. The molecule has 0 bridgehead atoms. The number of aromatic nitrogens is 1. The average molecular weight is 323 g/mol. The van der Waals surface area contributed by atoms with E-state index < -0.39 is 0 Å².